The van der Waals surface area contributed by atoms with Gasteiger partial charge < -0.3 is 0 Å². The van der Waals surface area contributed by atoms with Crippen LogP contribution < -0.4 is 0 Å². The molecule has 0 bridgehead atoms. The van der Waals surface area contributed by atoms with E-state index in [4.69, 9.17) is 9.66 Å². The van der Waals surface area contributed by atoms with Crippen LogP contribution in [0.3, 0.4) is 0 Å². The Morgan fingerprint density at radius 2 is 2.00 bits per heavy atom. The summed E-state index contributed by atoms with van der Waals surface area (Å²) in [5, 5.41) is 8.86. The van der Waals surface area contributed by atoms with Crippen LogP contribution in [0.2, 0.25) is 0 Å². The van der Waals surface area contributed by atoms with Crippen molar-refractivity contribution in [2.45, 2.75) is 3.29 Å². The summed E-state index contributed by atoms with van der Waals surface area (Å²) in [6.07, 6.45) is 0. The minimum absolute atomic E-state index is 0.170. The average Bonchev–Trinajstić information content (AvgIpc) is 2.18. The van der Waals surface area contributed by atoms with E-state index in [1.807, 2.05) is 0 Å². The summed E-state index contributed by atoms with van der Waals surface area (Å²) in [5.41, 5.74) is 0. The fourth-order valence-electron chi connectivity index (χ4n) is 1.98. The molecule has 1 heterocycles. The standard InChI is InChI=1S/C8H17N2O4S.Na/c11-7-5-9-1-3-10(4-2-9)6-8-15(12,13)14;/h1,11H,2-8H2,(H,12,13,14);. The Bertz CT molecular complexity index is 311. The molecule has 0 aromatic rings. The van der Waals surface area contributed by atoms with E-state index in [0.717, 1.165) is 47.6 Å². The van der Waals surface area contributed by atoms with Crippen molar-refractivity contribution in [3.8, 4) is 0 Å². The Hall–Kier alpha value is 0.790. The summed E-state index contributed by atoms with van der Waals surface area (Å²) >= 11 is 0.994. The predicted octanol–water partition coefficient (Wildman–Crippen LogP) is -2.02. The second-order valence-electron chi connectivity index (χ2n) is 4.20. The first-order valence-electron chi connectivity index (χ1n) is 5.45. The first-order valence-corrected chi connectivity index (χ1v) is 8.21. The van der Waals surface area contributed by atoms with Crippen molar-refractivity contribution in [1.29, 1.82) is 0 Å². The van der Waals surface area contributed by atoms with Crippen molar-refractivity contribution in [3.05, 3.63) is 0 Å². The molecule has 0 saturated carbocycles. The van der Waals surface area contributed by atoms with Gasteiger partial charge in [0.05, 0.1) is 0 Å². The molecule has 1 unspecified atom stereocenters. The molecule has 0 spiro atoms. The van der Waals surface area contributed by atoms with Crippen LogP contribution in [0.15, 0.2) is 0 Å². The zero-order chi connectivity index (χ0) is 12.2. The van der Waals surface area contributed by atoms with Gasteiger partial charge in [0.2, 0.25) is 0 Å². The summed E-state index contributed by atoms with van der Waals surface area (Å²) in [7, 11) is -3.85. The average molecular weight is 260 g/mol. The van der Waals surface area contributed by atoms with Crippen LogP contribution >= 0.6 is 0 Å². The van der Waals surface area contributed by atoms with E-state index in [9.17, 15) is 8.42 Å². The Kier molecular flexibility index (Phi) is 6.17. The summed E-state index contributed by atoms with van der Waals surface area (Å²) in [4.78, 5) is 4.29. The van der Waals surface area contributed by atoms with Gasteiger partial charge in [-0.25, -0.2) is 0 Å². The van der Waals surface area contributed by atoms with Gasteiger partial charge in [0, 0.05) is 0 Å². The zero-order valence-corrected chi connectivity index (χ0v) is 12.4. The van der Waals surface area contributed by atoms with Crippen molar-refractivity contribution in [3.63, 3.8) is 0 Å². The van der Waals surface area contributed by atoms with Crippen molar-refractivity contribution in [2.75, 3.05) is 45.1 Å². The molecule has 16 heavy (non-hydrogen) atoms. The van der Waals surface area contributed by atoms with Crippen molar-refractivity contribution in [1.82, 2.24) is 9.80 Å². The molecule has 1 saturated heterocycles. The molecule has 0 aromatic carbocycles. The van der Waals surface area contributed by atoms with Gasteiger partial charge in [-0.1, -0.05) is 0 Å². The Morgan fingerprint density at radius 1 is 1.31 bits per heavy atom. The number of hydrogen-bond acceptors (Lipinski definition) is 5. The number of nitrogens with zero attached hydrogens (tertiary/aromatic N) is 2. The van der Waals surface area contributed by atoms with Crippen molar-refractivity contribution in [2.24, 2.45) is 0 Å². The van der Waals surface area contributed by atoms with Gasteiger partial charge in [-0.2, -0.15) is 0 Å². The molecular formula is C8H17N2NaO4S. The number of hydrogen-bond donors (Lipinski definition) is 2. The third-order valence-electron chi connectivity index (χ3n) is 2.90. The first kappa shape index (κ1) is 14.8. The van der Waals surface area contributed by atoms with Crippen molar-refractivity contribution < 1.29 is 18.1 Å². The molecule has 0 radical (unpaired) electrons. The number of rotatable bonds is 5. The molecule has 0 amide bonds. The van der Waals surface area contributed by atoms with Gasteiger partial charge in [-0.05, 0) is 0 Å². The SMILES string of the molecule is O=S(=O)(O)CCN1CCN(CCO)[CH]([Na])C1. The summed E-state index contributed by atoms with van der Waals surface area (Å²) in [6, 6.07) is 0. The molecule has 8 heteroatoms. The third kappa shape index (κ3) is 5.42. The predicted molar refractivity (Wildman–Crippen MR) is 61.1 cm³/mol. The Morgan fingerprint density at radius 3 is 2.50 bits per heavy atom. The van der Waals surface area contributed by atoms with E-state index in [1.165, 1.54) is 0 Å². The van der Waals surface area contributed by atoms with E-state index < -0.39 is 10.1 Å². The molecule has 0 aliphatic carbocycles. The topological polar surface area (TPSA) is 81.1 Å². The maximum absolute atomic E-state index is 10.6. The number of aliphatic hydroxyl groups is 1. The zero-order valence-electron chi connectivity index (χ0n) is 9.54. The second-order valence-corrected chi connectivity index (χ2v) is 7.10. The summed E-state index contributed by atoms with van der Waals surface area (Å²) in [5.74, 6) is -0.193. The van der Waals surface area contributed by atoms with Gasteiger partial charge >= 0.3 is 114 Å². The number of piperazine rings is 1. The molecule has 2 N–H and O–H groups in total. The maximum atomic E-state index is 10.6. The van der Waals surface area contributed by atoms with Crippen LogP contribution in [0.25, 0.3) is 0 Å². The Balaban J connectivity index is 2.34. The molecule has 6 nitrogen and oxygen atoms in total. The molecule has 1 aliphatic rings. The van der Waals surface area contributed by atoms with Crippen LogP contribution in [0, 0.1) is 0 Å². The molecule has 0 aromatic heterocycles. The fourth-order valence-corrected chi connectivity index (χ4v) is 3.50. The van der Waals surface area contributed by atoms with E-state index in [-0.39, 0.29) is 12.4 Å². The van der Waals surface area contributed by atoms with Crippen LogP contribution in [-0.2, 0) is 10.1 Å². The second kappa shape index (κ2) is 6.65. The van der Waals surface area contributed by atoms with Crippen LogP contribution in [0.4, 0.5) is 0 Å². The Labute approximate surface area is 114 Å². The summed E-state index contributed by atoms with van der Waals surface area (Å²) < 4.78 is 30.3. The van der Waals surface area contributed by atoms with Crippen LogP contribution in [0.5, 0.6) is 0 Å². The van der Waals surface area contributed by atoms with Crippen LogP contribution in [0.1, 0.15) is 0 Å². The fraction of sp³-hybridized carbons (Fsp3) is 1.00. The quantitative estimate of drug-likeness (QED) is 0.439. The first-order chi connectivity index (χ1) is 7.42. The molecule has 1 rings (SSSR count). The third-order valence-corrected chi connectivity index (χ3v) is 4.70. The minimum atomic E-state index is -3.85. The van der Waals surface area contributed by atoms with E-state index in [0.29, 0.717) is 16.4 Å². The molecule has 1 fully saturated rings. The van der Waals surface area contributed by atoms with Gasteiger partial charge in [-0.3, -0.25) is 0 Å². The van der Waals surface area contributed by atoms with Gasteiger partial charge in [-0.15, -0.1) is 0 Å². The van der Waals surface area contributed by atoms with Gasteiger partial charge in [0.1, 0.15) is 0 Å². The van der Waals surface area contributed by atoms with E-state index in [1.54, 1.807) is 0 Å². The van der Waals surface area contributed by atoms with Crippen molar-refractivity contribution >= 4 is 38.0 Å². The molecule has 1 aliphatic heterocycles. The normalized spacial score (nSPS) is 24.9. The van der Waals surface area contributed by atoms with Crippen LogP contribution in [-0.4, -0.2) is 104 Å². The van der Waals surface area contributed by atoms with E-state index >= 15 is 0 Å². The monoisotopic (exact) mass is 260 g/mol. The molecule has 1 atom stereocenters. The molecule has 90 valence electrons. The number of β-amino-alcohol motifs (C(OH)–C–C–N with tert-alkyl or cyclic N) is 1. The number of aliphatic hydroxyl groups excluding tert-OH is 1. The van der Waals surface area contributed by atoms with Gasteiger partial charge in [0.25, 0.3) is 0 Å². The molecular weight excluding hydrogens is 243 g/mol. The summed E-state index contributed by atoms with van der Waals surface area (Å²) in [6.45, 7) is 3.75. The van der Waals surface area contributed by atoms with Gasteiger partial charge in [0.15, 0.2) is 0 Å². The van der Waals surface area contributed by atoms with E-state index in [2.05, 4.69) is 9.80 Å².